The molecule has 0 aliphatic heterocycles. The first-order valence-electron chi connectivity index (χ1n) is 6.18. The van der Waals surface area contributed by atoms with Gasteiger partial charge in [0.05, 0.1) is 17.9 Å². The molecule has 1 aromatic carbocycles. The van der Waals surface area contributed by atoms with Gasteiger partial charge in [-0.25, -0.2) is 17.9 Å². The minimum absolute atomic E-state index is 0.0239. The van der Waals surface area contributed by atoms with Crippen molar-refractivity contribution in [2.45, 2.75) is 25.6 Å². The van der Waals surface area contributed by atoms with Gasteiger partial charge in [-0.15, -0.1) is 0 Å². The molecule has 0 amide bonds. The predicted octanol–water partition coefficient (Wildman–Crippen LogP) is 0.821. The van der Waals surface area contributed by atoms with Gasteiger partial charge in [0.2, 0.25) is 10.0 Å². The van der Waals surface area contributed by atoms with E-state index in [0.29, 0.717) is 5.56 Å². The second-order valence-corrected chi connectivity index (χ2v) is 6.67. The Hall–Kier alpha value is -1.44. The van der Waals surface area contributed by atoms with Gasteiger partial charge >= 0.3 is 5.97 Å². The average molecular weight is 301 g/mol. The van der Waals surface area contributed by atoms with Gasteiger partial charge in [0.25, 0.3) is 0 Å². The number of benzene rings is 1. The van der Waals surface area contributed by atoms with Gasteiger partial charge in [-0.2, -0.15) is 0 Å². The van der Waals surface area contributed by atoms with E-state index in [1.165, 1.54) is 24.3 Å². The van der Waals surface area contributed by atoms with Gasteiger partial charge in [-0.3, -0.25) is 0 Å². The zero-order valence-corrected chi connectivity index (χ0v) is 12.2. The van der Waals surface area contributed by atoms with Crippen molar-refractivity contribution in [3.05, 3.63) is 35.4 Å². The number of carboxylic acid groups (broad SMARTS) is 1. The van der Waals surface area contributed by atoms with E-state index in [1.807, 2.05) is 13.8 Å². The third kappa shape index (κ3) is 4.92. The molecule has 20 heavy (non-hydrogen) atoms. The first-order valence-corrected chi connectivity index (χ1v) is 7.83. The van der Waals surface area contributed by atoms with Gasteiger partial charge in [0.15, 0.2) is 0 Å². The maximum absolute atomic E-state index is 12.0. The molecule has 0 aliphatic rings. The Labute approximate surface area is 118 Å². The molecule has 1 rings (SSSR count). The highest BCUT2D eigenvalue weighted by molar-refractivity contribution is 7.88. The van der Waals surface area contributed by atoms with Crippen LogP contribution in [0.4, 0.5) is 0 Å². The SMILES string of the molecule is CC(C)[C@@H](CO)NS(=O)(=O)Cc1ccc(C(=O)O)cc1. The Bertz CT molecular complexity index is 551. The zero-order chi connectivity index (χ0) is 15.3. The van der Waals surface area contributed by atoms with Crippen LogP contribution >= 0.6 is 0 Å². The smallest absolute Gasteiger partial charge is 0.335 e. The van der Waals surface area contributed by atoms with Crippen LogP contribution in [0.3, 0.4) is 0 Å². The van der Waals surface area contributed by atoms with Crippen molar-refractivity contribution in [2.24, 2.45) is 5.92 Å². The van der Waals surface area contributed by atoms with Crippen LogP contribution in [0.25, 0.3) is 0 Å². The summed E-state index contributed by atoms with van der Waals surface area (Å²) in [4.78, 5) is 10.7. The summed E-state index contributed by atoms with van der Waals surface area (Å²) in [7, 11) is -3.58. The Morgan fingerprint density at radius 3 is 2.20 bits per heavy atom. The zero-order valence-electron chi connectivity index (χ0n) is 11.4. The van der Waals surface area contributed by atoms with E-state index in [-0.39, 0.29) is 23.8 Å². The van der Waals surface area contributed by atoms with E-state index in [1.54, 1.807) is 0 Å². The van der Waals surface area contributed by atoms with Crippen molar-refractivity contribution in [2.75, 3.05) is 6.61 Å². The standard InChI is InChI=1S/C13H19NO5S/c1-9(2)12(7-15)14-20(18,19)8-10-3-5-11(6-4-10)13(16)17/h3-6,9,12,14-15H,7-8H2,1-2H3,(H,16,17)/t12-/m1/s1. The summed E-state index contributed by atoms with van der Waals surface area (Å²) in [6, 6.07) is 5.12. The van der Waals surface area contributed by atoms with E-state index < -0.39 is 22.0 Å². The number of aliphatic hydroxyl groups excluding tert-OH is 1. The summed E-state index contributed by atoms with van der Waals surface area (Å²) in [6.45, 7) is 3.35. The topological polar surface area (TPSA) is 104 Å². The van der Waals surface area contributed by atoms with Gasteiger partial charge in [0.1, 0.15) is 0 Å². The Morgan fingerprint density at radius 2 is 1.80 bits per heavy atom. The first kappa shape index (κ1) is 16.6. The highest BCUT2D eigenvalue weighted by Crippen LogP contribution is 2.10. The molecule has 0 spiro atoms. The van der Waals surface area contributed by atoms with Crippen LogP contribution in [0.5, 0.6) is 0 Å². The van der Waals surface area contributed by atoms with Crippen molar-refractivity contribution in [1.82, 2.24) is 4.72 Å². The van der Waals surface area contributed by atoms with Crippen molar-refractivity contribution >= 4 is 16.0 Å². The molecule has 0 aliphatic carbocycles. The first-order chi connectivity index (χ1) is 9.25. The van der Waals surface area contributed by atoms with E-state index >= 15 is 0 Å². The molecule has 0 radical (unpaired) electrons. The summed E-state index contributed by atoms with van der Waals surface area (Å²) in [5, 5.41) is 17.9. The van der Waals surface area contributed by atoms with Crippen LogP contribution < -0.4 is 4.72 Å². The van der Waals surface area contributed by atoms with Crippen LogP contribution in [0.2, 0.25) is 0 Å². The monoisotopic (exact) mass is 301 g/mol. The van der Waals surface area contributed by atoms with Gasteiger partial charge < -0.3 is 10.2 Å². The number of sulfonamides is 1. The quantitative estimate of drug-likeness (QED) is 0.692. The van der Waals surface area contributed by atoms with E-state index in [0.717, 1.165) is 0 Å². The van der Waals surface area contributed by atoms with Crippen LogP contribution in [0, 0.1) is 5.92 Å². The number of hydrogen-bond donors (Lipinski definition) is 3. The Balaban J connectivity index is 2.78. The molecular weight excluding hydrogens is 282 g/mol. The number of carbonyl (C=O) groups is 1. The fourth-order valence-corrected chi connectivity index (χ4v) is 3.14. The fraction of sp³-hybridized carbons (Fsp3) is 0.462. The van der Waals surface area contributed by atoms with Crippen molar-refractivity contribution in [3.8, 4) is 0 Å². The van der Waals surface area contributed by atoms with Crippen LogP contribution in [0.15, 0.2) is 24.3 Å². The number of nitrogens with one attached hydrogen (secondary N) is 1. The summed E-state index contributed by atoms with van der Waals surface area (Å²) < 4.78 is 26.3. The molecule has 0 heterocycles. The molecule has 0 unspecified atom stereocenters. The van der Waals surface area contributed by atoms with Crippen molar-refractivity contribution < 1.29 is 23.4 Å². The lowest BCUT2D eigenvalue weighted by Crippen LogP contribution is -2.41. The van der Waals surface area contributed by atoms with E-state index in [2.05, 4.69) is 4.72 Å². The Kier molecular flexibility index (Phi) is 5.67. The van der Waals surface area contributed by atoms with Gasteiger partial charge in [0, 0.05) is 6.04 Å². The molecule has 0 saturated heterocycles. The molecular formula is C13H19NO5S. The van der Waals surface area contributed by atoms with Gasteiger partial charge in [-0.1, -0.05) is 26.0 Å². The molecule has 3 N–H and O–H groups in total. The predicted molar refractivity (Wildman–Crippen MR) is 74.9 cm³/mol. The lowest BCUT2D eigenvalue weighted by atomic mass is 10.1. The maximum atomic E-state index is 12.0. The van der Waals surface area contributed by atoms with Crippen LogP contribution in [-0.4, -0.2) is 37.2 Å². The van der Waals surface area contributed by atoms with E-state index in [9.17, 15) is 13.2 Å². The highest BCUT2D eigenvalue weighted by Gasteiger charge is 2.20. The second-order valence-electron chi connectivity index (χ2n) is 4.91. The molecule has 0 aromatic heterocycles. The number of rotatable bonds is 7. The molecule has 1 atom stereocenters. The summed E-state index contributed by atoms with van der Waals surface area (Å²) >= 11 is 0. The van der Waals surface area contributed by atoms with Crippen molar-refractivity contribution in [1.29, 1.82) is 0 Å². The summed E-state index contributed by atoms with van der Waals surface area (Å²) in [6.07, 6.45) is 0. The summed E-state index contributed by atoms with van der Waals surface area (Å²) in [5.41, 5.74) is 0.595. The van der Waals surface area contributed by atoms with E-state index in [4.69, 9.17) is 10.2 Å². The minimum atomic E-state index is -3.58. The molecule has 6 nitrogen and oxygen atoms in total. The average Bonchev–Trinajstić information content (AvgIpc) is 2.35. The number of aromatic carboxylic acids is 1. The lowest BCUT2D eigenvalue weighted by molar-refractivity contribution is 0.0697. The fourth-order valence-electron chi connectivity index (χ4n) is 1.62. The normalized spacial score (nSPS) is 13.4. The molecule has 0 fully saturated rings. The number of hydrogen-bond acceptors (Lipinski definition) is 4. The third-order valence-electron chi connectivity index (χ3n) is 2.89. The highest BCUT2D eigenvalue weighted by atomic mass is 32.2. The molecule has 0 saturated carbocycles. The molecule has 112 valence electrons. The largest absolute Gasteiger partial charge is 0.478 e. The maximum Gasteiger partial charge on any atom is 0.335 e. The lowest BCUT2D eigenvalue weighted by Gasteiger charge is -2.19. The third-order valence-corrected chi connectivity index (χ3v) is 4.27. The van der Waals surface area contributed by atoms with Gasteiger partial charge in [-0.05, 0) is 23.6 Å². The second kappa shape index (κ2) is 6.83. The van der Waals surface area contributed by atoms with Crippen LogP contribution in [0.1, 0.15) is 29.8 Å². The molecule has 7 heteroatoms. The van der Waals surface area contributed by atoms with Crippen molar-refractivity contribution in [3.63, 3.8) is 0 Å². The Morgan fingerprint density at radius 1 is 1.25 bits per heavy atom. The number of carboxylic acids is 1. The summed E-state index contributed by atoms with van der Waals surface area (Å²) in [5.74, 6) is -1.34. The molecule has 1 aromatic rings. The molecule has 0 bridgehead atoms. The minimum Gasteiger partial charge on any atom is -0.478 e. The van der Waals surface area contributed by atoms with Crippen LogP contribution in [-0.2, 0) is 15.8 Å². The number of aliphatic hydroxyl groups is 1.